The molecule has 0 nitrogen and oxygen atoms in total. The summed E-state index contributed by atoms with van der Waals surface area (Å²) >= 11 is 0. The van der Waals surface area contributed by atoms with E-state index in [9.17, 15) is 0 Å². The standard InChI is InChI=1S/C11H19B3/c1-6-4-5-9(12)11(14)8(3)7(2)10(6)13/h6-11H,4-5H2,1-3H3. The molecule has 1 rings (SSSR count). The lowest BCUT2D eigenvalue weighted by atomic mass is 9.51. The van der Waals surface area contributed by atoms with Gasteiger partial charge in [0.25, 0.3) is 0 Å². The van der Waals surface area contributed by atoms with Crippen LogP contribution in [-0.2, 0) is 0 Å². The van der Waals surface area contributed by atoms with E-state index in [-0.39, 0.29) is 17.5 Å². The molecule has 1 aliphatic rings. The summed E-state index contributed by atoms with van der Waals surface area (Å²) in [5, 5.41) is 0. The van der Waals surface area contributed by atoms with Crippen LogP contribution in [0.5, 0.6) is 0 Å². The Labute approximate surface area is 92.8 Å². The molecule has 0 saturated heterocycles. The predicted octanol–water partition coefficient (Wildman–Crippen LogP) is 2.56. The largest absolute Gasteiger partial charge is 0.0820 e. The monoisotopic (exact) mass is 184 g/mol. The fourth-order valence-electron chi connectivity index (χ4n) is 2.45. The Morgan fingerprint density at radius 3 is 1.86 bits per heavy atom. The van der Waals surface area contributed by atoms with Gasteiger partial charge in [0.15, 0.2) is 0 Å². The van der Waals surface area contributed by atoms with Crippen LogP contribution in [0.15, 0.2) is 0 Å². The molecule has 0 spiro atoms. The SMILES string of the molecule is [B]C1CCC(C)C([B])C(C)C(C)C1[B]. The average molecular weight is 184 g/mol. The molecule has 0 aliphatic heterocycles. The predicted molar refractivity (Wildman–Crippen MR) is 65.2 cm³/mol. The van der Waals surface area contributed by atoms with Crippen molar-refractivity contribution in [2.24, 2.45) is 17.8 Å². The Morgan fingerprint density at radius 1 is 0.786 bits per heavy atom. The van der Waals surface area contributed by atoms with Gasteiger partial charge in [0.2, 0.25) is 0 Å². The van der Waals surface area contributed by atoms with Crippen molar-refractivity contribution in [3.63, 3.8) is 0 Å². The van der Waals surface area contributed by atoms with Crippen molar-refractivity contribution in [3.8, 4) is 0 Å². The zero-order valence-corrected chi connectivity index (χ0v) is 9.61. The van der Waals surface area contributed by atoms with Crippen molar-refractivity contribution >= 4 is 23.5 Å². The van der Waals surface area contributed by atoms with Crippen LogP contribution >= 0.6 is 0 Å². The van der Waals surface area contributed by atoms with Crippen LogP contribution in [0.25, 0.3) is 0 Å². The van der Waals surface area contributed by atoms with Crippen LogP contribution < -0.4 is 0 Å². The third-order valence-electron chi connectivity index (χ3n) is 4.15. The summed E-state index contributed by atoms with van der Waals surface area (Å²) in [5.41, 5.74) is 0. The minimum Gasteiger partial charge on any atom is -0.0820 e. The fraction of sp³-hybridized carbons (Fsp3) is 1.00. The van der Waals surface area contributed by atoms with E-state index in [1.54, 1.807) is 0 Å². The van der Waals surface area contributed by atoms with Gasteiger partial charge in [-0.05, 0) is 17.8 Å². The topological polar surface area (TPSA) is 0 Å². The zero-order valence-electron chi connectivity index (χ0n) is 9.61. The molecule has 0 aromatic carbocycles. The van der Waals surface area contributed by atoms with Gasteiger partial charge in [-0.15, -0.1) is 0 Å². The first-order valence-electron chi connectivity index (χ1n) is 5.72. The lowest BCUT2D eigenvalue weighted by Gasteiger charge is -2.40. The van der Waals surface area contributed by atoms with E-state index < -0.39 is 0 Å². The van der Waals surface area contributed by atoms with E-state index in [4.69, 9.17) is 23.5 Å². The minimum atomic E-state index is 0.101. The number of hydrogen-bond donors (Lipinski definition) is 0. The average Bonchev–Trinajstić information content (AvgIpc) is 2.19. The quantitative estimate of drug-likeness (QED) is 0.507. The van der Waals surface area contributed by atoms with E-state index in [1.165, 1.54) is 0 Å². The molecule has 0 bridgehead atoms. The second kappa shape index (κ2) is 4.81. The van der Waals surface area contributed by atoms with Crippen molar-refractivity contribution in [1.29, 1.82) is 0 Å². The van der Waals surface area contributed by atoms with Gasteiger partial charge < -0.3 is 0 Å². The Hall–Kier alpha value is 0.195. The van der Waals surface area contributed by atoms with Crippen molar-refractivity contribution in [1.82, 2.24) is 0 Å². The molecule has 72 valence electrons. The summed E-state index contributed by atoms with van der Waals surface area (Å²) in [6.07, 6.45) is 2.11. The molecular weight excluding hydrogens is 165 g/mol. The molecule has 1 saturated carbocycles. The van der Waals surface area contributed by atoms with Crippen LogP contribution in [0.2, 0.25) is 17.5 Å². The first-order valence-corrected chi connectivity index (χ1v) is 5.72. The molecule has 1 fully saturated rings. The lowest BCUT2D eigenvalue weighted by molar-refractivity contribution is 0.259. The van der Waals surface area contributed by atoms with Gasteiger partial charge in [-0.3, -0.25) is 0 Å². The van der Waals surface area contributed by atoms with Gasteiger partial charge in [0.1, 0.15) is 0 Å². The number of hydrogen-bond acceptors (Lipinski definition) is 0. The molecule has 6 atom stereocenters. The van der Waals surface area contributed by atoms with Crippen molar-refractivity contribution in [2.75, 3.05) is 0 Å². The summed E-state index contributed by atoms with van der Waals surface area (Å²) in [6, 6.07) is 0. The highest BCUT2D eigenvalue weighted by Gasteiger charge is 2.31. The first kappa shape index (κ1) is 12.3. The van der Waals surface area contributed by atoms with Gasteiger partial charge in [-0.2, -0.15) is 0 Å². The molecule has 1 aliphatic carbocycles. The van der Waals surface area contributed by atoms with E-state index >= 15 is 0 Å². The van der Waals surface area contributed by atoms with Crippen LogP contribution in [0.1, 0.15) is 33.6 Å². The first-order chi connectivity index (χ1) is 6.45. The van der Waals surface area contributed by atoms with Crippen LogP contribution in [0.4, 0.5) is 0 Å². The van der Waals surface area contributed by atoms with Crippen LogP contribution in [0.3, 0.4) is 0 Å². The van der Waals surface area contributed by atoms with E-state index in [1.807, 2.05) is 0 Å². The molecule has 3 heteroatoms. The maximum atomic E-state index is 6.19. The minimum absolute atomic E-state index is 0.101. The highest BCUT2D eigenvalue weighted by molar-refractivity contribution is 6.21. The summed E-state index contributed by atoms with van der Waals surface area (Å²) in [5.74, 6) is 1.95. The normalized spacial score (nSPS) is 50.8. The molecule has 0 aromatic rings. The van der Waals surface area contributed by atoms with Gasteiger partial charge in [0, 0.05) is 0 Å². The summed E-state index contributed by atoms with van der Waals surface area (Å²) < 4.78 is 0. The highest BCUT2D eigenvalue weighted by Crippen LogP contribution is 2.44. The molecule has 6 radical (unpaired) electrons. The number of rotatable bonds is 0. The molecular formula is C11H19B3. The van der Waals surface area contributed by atoms with Crippen LogP contribution in [-0.4, -0.2) is 23.5 Å². The third-order valence-corrected chi connectivity index (χ3v) is 4.15. The third kappa shape index (κ3) is 2.41. The Bertz CT molecular complexity index is 163. The molecule has 0 heterocycles. The molecule has 0 aromatic heterocycles. The lowest BCUT2D eigenvalue weighted by Crippen LogP contribution is -2.28. The Morgan fingerprint density at radius 2 is 1.29 bits per heavy atom. The molecule has 0 N–H and O–H groups in total. The molecule has 14 heavy (non-hydrogen) atoms. The summed E-state index contributed by atoms with van der Waals surface area (Å²) in [7, 11) is 18.3. The second-order valence-corrected chi connectivity index (χ2v) is 5.09. The molecule has 0 amide bonds. The van der Waals surface area contributed by atoms with Gasteiger partial charge >= 0.3 is 0 Å². The van der Waals surface area contributed by atoms with Crippen LogP contribution in [0, 0.1) is 17.8 Å². The van der Waals surface area contributed by atoms with Gasteiger partial charge in [-0.25, -0.2) is 0 Å². The van der Waals surface area contributed by atoms with Gasteiger partial charge in [-0.1, -0.05) is 51.1 Å². The molecule has 6 unspecified atom stereocenters. The van der Waals surface area contributed by atoms with E-state index in [2.05, 4.69) is 20.8 Å². The fourth-order valence-corrected chi connectivity index (χ4v) is 2.45. The van der Waals surface area contributed by atoms with Crippen molar-refractivity contribution in [3.05, 3.63) is 0 Å². The Balaban J connectivity index is 2.75. The van der Waals surface area contributed by atoms with Crippen molar-refractivity contribution in [2.45, 2.75) is 51.1 Å². The maximum absolute atomic E-state index is 6.19. The van der Waals surface area contributed by atoms with E-state index in [0.717, 1.165) is 12.8 Å². The second-order valence-electron chi connectivity index (χ2n) is 5.09. The van der Waals surface area contributed by atoms with Crippen molar-refractivity contribution < 1.29 is 0 Å². The maximum Gasteiger partial charge on any atom is 0.0706 e. The summed E-state index contributed by atoms with van der Waals surface area (Å²) in [4.78, 5) is 0. The van der Waals surface area contributed by atoms with Gasteiger partial charge in [0.05, 0.1) is 23.5 Å². The summed E-state index contributed by atoms with van der Waals surface area (Å²) in [6.45, 7) is 6.59. The smallest absolute Gasteiger partial charge is 0.0706 e. The van der Waals surface area contributed by atoms with E-state index in [0.29, 0.717) is 17.8 Å². The Kier molecular flexibility index (Phi) is 4.22. The highest BCUT2D eigenvalue weighted by atomic mass is 14.3. The zero-order chi connectivity index (χ0) is 10.9.